The molecule has 2 N–H and O–H groups in total. The Hall–Kier alpha value is -1.68. The van der Waals surface area contributed by atoms with Crippen molar-refractivity contribution in [2.75, 3.05) is 26.7 Å². The van der Waals surface area contributed by atoms with Crippen molar-refractivity contribution in [1.29, 1.82) is 0 Å². The normalized spacial score (nSPS) is 12.5. The second-order valence-corrected chi connectivity index (χ2v) is 5.74. The Morgan fingerprint density at radius 2 is 1.55 bits per heavy atom. The predicted octanol–water partition coefficient (Wildman–Crippen LogP) is 2.31. The van der Waals surface area contributed by atoms with Gasteiger partial charge in [-0.2, -0.15) is 0 Å². The van der Waals surface area contributed by atoms with Crippen molar-refractivity contribution < 1.29 is 5.11 Å². The minimum atomic E-state index is 0.0981. The molecule has 0 fully saturated rings. The first-order chi connectivity index (χ1) is 10.8. The fraction of sp³-hybridized carbons (Fsp3) is 0.368. The van der Waals surface area contributed by atoms with Crippen LogP contribution in [0.15, 0.2) is 60.7 Å². The molecule has 0 saturated carbocycles. The van der Waals surface area contributed by atoms with E-state index in [1.807, 2.05) is 24.3 Å². The molecule has 0 aromatic heterocycles. The Labute approximate surface area is 133 Å². The first-order valence-corrected chi connectivity index (χ1v) is 7.88. The smallest absolute Gasteiger partial charge is 0.0597 e. The van der Waals surface area contributed by atoms with Crippen molar-refractivity contribution in [3.63, 3.8) is 0 Å². The lowest BCUT2D eigenvalue weighted by Gasteiger charge is -2.23. The molecule has 2 aromatic carbocycles. The molecule has 3 heteroatoms. The number of hydrogen-bond donors (Lipinski definition) is 2. The number of nitrogens with one attached hydrogen (secondary N) is 1. The van der Waals surface area contributed by atoms with E-state index in [-0.39, 0.29) is 12.6 Å². The molecule has 0 saturated heterocycles. The van der Waals surface area contributed by atoms with Crippen LogP contribution in [-0.2, 0) is 13.0 Å². The van der Waals surface area contributed by atoms with Crippen molar-refractivity contribution in [3.8, 4) is 0 Å². The van der Waals surface area contributed by atoms with E-state index >= 15 is 0 Å². The van der Waals surface area contributed by atoms with Crippen LogP contribution in [0.25, 0.3) is 0 Å². The van der Waals surface area contributed by atoms with E-state index in [1.165, 1.54) is 11.1 Å². The molecule has 3 nitrogen and oxygen atoms in total. The number of hydrogen-bond acceptors (Lipinski definition) is 3. The zero-order chi connectivity index (χ0) is 15.6. The van der Waals surface area contributed by atoms with Gasteiger partial charge in [0, 0.05) is 25.7 Å². The largest absolute Gasteiger partial charge is 0.395 e. The molecule has 0 unspecified atom stereocenters. The van der Waals surface area contributed by atoms with E-state index < -0.39 is 0 Å². The first kappa shape index (κ1) is 16.7. The van der Waals surface area contributed by atoms with E-state index in [0.29, 0.717) is 0 Å². The van der Waals surface area contributed by atoms with Crippen molar-refractivity contribution in [2.24, 2.45) is 0 Å². The Morgan fingerprint density at radius 1 is 0.955 bits per heavy atom. The second-order valence-electron chi connectivity index (χ2n) is 5.74. The molecule has 0 aliphatic carbocycles. The van der Waals surface area contributed by atoms with Gasteiger partial charge in [0.25, 0.3) is 0 Å². The highest BCUT2D eigenvalue weighted by Crippen LogP contribution is 2.02. The van der Waals surface area contributed by atoms with Crippen LogP contribution in [0.1, 0.15) is 11.1 Å². The fourth-order valence-corrected chi connectivity index (χ4v) is 2.48. The van der Waals surface area contributed by atoms with Crippen LogP contribution >= 0.6 is 0 Å². The summed E-state index contributed by atoms with van der Waals surface area (Å²) in [6, 6.07) is 20.9. The molecule has 0 amide bonds. The van der Waals surface area contributed by atoms with Crippen LogP contribution in [0.3, 0.4) is 0 Å². The molecule has 0 aliphatic heterocycles. The quantitative estimate of drug-likeness (QED) is 0.746. The van der Waals surface area contributed by atoms with E-state index in [0.717, 1.165) is 26.1 Å². The van der Waals surface area contributed by atoms with E-state index in [1.54, 1.807) is 0 Å². The summed E-state index contributed by atoms with van der Waals surface area (Å²) in [6.45, 7) is 2.78. The van der Waals surface area contributed by atoms with Crippen LogP contribution in [0, 0.1) is 0 Å². The molecule has 22 heavy (non-hydrogen) atoms. The monoisotopic (exact) mass is 298 g/mol. The molecular formula is C19H26N2O. The average Bonchev–Trinajstić information content (AvgIpc) is 2.58. The van der Waals surface area contributed by atoms with Gasteiger partial charge in [-0.1, -0.05) is 60.7 Å². The van der Waals surface area contributed by atoms with Crippen molar-refractivity contribution >= 4 is 0 Å². The minimum Gasteiger partial charge on any atom is -0.395 e. The summed E-state index contributed by atoms with van der Waals surface area (Å²) in [5, 5.41) is 13.0. The van der Waals surface area contributed by atoms with Crippen molar-refractivity contribution in [3.05, 3.63) is 71.8 Å². The SMILES string of the molecule is CN(CCc1ccccc1)C[C@@H](CO)NCc1ccccc1. The van der Waals surface area contributed by atoms with Gasteiger partial charge in [0.1, 0.15) is 0 Å². The molecule has 118 valence electrons. The van der Waals surface area contributed by atoms with Gasteiger partial charge in [-0.3, -0.25) is 0 Å². The summed E-state index contributed by atoms with van der Waals surface area (Å²) in [4.78, 5) is 2.27. The first-order valence-electron chi connectivity index (χ1n) is 7.88. The summed E-state index contributed by atoms with van der Waals surface area (Å²) in [7, 11) is 2.11. The van der Waals surface area contributed by atoms with Crippen LogP contribution < -0.4 is 5.32 Å². The van der Waals surface area contributed by atoms with E-state index in [4.69, 9.17) is 0 Å². The maximum absolute atomic E-state index is 9.55. The average molecular weight is 298 g/mol. The number of nitrogens with zero attached hydrogens (tertiary/aromatic N) is 1. The summed E-state index contributed by atoms with van der Waals surface area (Å²) < 4.78 is 0. The highest BCUT2D eigenvalue weighted by Gasteiger charge is 2.10. The third-order valence-electron chi connectivity index (χ3n) is 3.82. The van der Waals surface area contributed by atoms with Gasteiger partial charge in [-0.05, 0) is 24.6 Å². The lowest BCUT2D eigenvalue weighted by atomic mass is 10.1. The zero-order valence-corrected chi connectivity index (χ0v) is 13.3. The highest BCUT2D eigenvalue weighted by molar-refractivity contribution is 5.15. The van der Waals surface area contributed by atoms with Gasteiger partial charge < -0.3 is 15.3 Å². The van der Waals surface area contributed by atoms with Crippen molar-refractivity contribution in [2.45, 2.75) is 19.0 Å². The van der Waals surface area contributed by atoms with Crippen LogP contribution in [-0.4, -0.2) is 42.8 Å². The summed E-state index contributed by atoms with van der Waals surface area (Å²) in [5.41, 5.74) is 2.60. The third kappa shape index (κ3) is 5.98. The summed E-state index contributed by atoms with van der Waals surface area (Å²) in [5.74, 6) is 0. The zero-order valence-electron chi connectivity index (χ0n) is 13.3. The number of aliphatic hydroxyl groups is 1. The molecule has 0 bridgehead atoms. The van der Waals surface area contributed by atoms with Gasteiger partial charge in [-0.15, -0.1) is 0 Å². The van der Waals surface area contributed by atoms with Gasteiger partial charge >= 0.3 is 0 Å². The lowest BCUT2D eigenvalue weighted by molar-refractivity contribution is 0.198. The second kappa shape index (κ2) is 9.36. The number of benzene rings is 2. The minimum absolute atomic E-state index is 0.0981. The molecule has 0 spiro atoms. The van der Waals surface area contributed by atoms with E-state index in [9.17, 15) is 5.11 Å². The Morgan fingerprint density at radius 3 is 2.14 bits per heavy atom. The molecule has 0 heterocycles. The topological polar surface area (TPSA) is 35.5 Å². The molecule has 0 aliphatic rings. The summed E-state index contributed by atoms with van der Waals surface area (Å²) >= 11 is 0. The Bertz CT molecular complexity index is 515. The van der Waals surface area contributed by atoms with Crippen molar-refractivity contribution in [1.82, 2.24) is 10.2 Å². The van der Waals surface area contributed by atoms with E-state index in [2.05, 4.69) is 53.7 Å². The fourth-order valence-electron chi connectivity index (χ4n) is 2.48. The molecule has 2 aromatic rings. The highest BCUT2D eigenvalue weighted by atomic mass is 16.3. The molecular weight excluding hydrogens is 272 g/mol. The van der Waals surface area contributed by atoms with Crippen LogP contribution in [0.2, 0.25) is 0 Å². The number of likely N-dealkylation sites (N-methyl/N-ethyl adjacent to an activating group) is 1. The maximum Gasteiger partial charge on any atom is 0.0597 e. The lowest BCUT2D eigenvalue weighted by Crippen LogP contribution is -2.42. The Kier molecular flexibility index (Phi) is 7.10. The van der Waals surface area contributed by atoms with Crippen LogP contribution in [0.4, 0.5) is 0 Å². The maximum atomic E-state index is 9.55. The third-order valence-corrected chi connectivity index (χ3v) is 3.82. The van der Waals surface area contributed by atoms with Gasteiger partial charge in [0.15, 0.2) is 0 Å². The molecule has 1 atom stereocenters. The number of aliphatic hydroxyl groups excluding tert-OH is 1. The van der Waals surface area contributed by atoms with Gasteiger partial charge in [0.2, 0.25) is 0 Å². The van der Waals surface area contributed by atoms with Crippen LogP contribution in [0.5, 0.6) is 0 Å². The number of rotatable bonds is 9. The molecule has 0 radical (unpaired) electrons. The molecule has 2 rings (SSSR count). The van der Waals surface area contributed by atoms with Gasteiger partial charge in [0.05, 0.1) is 6.61 Å². The Balaban J connectivity index is 1.72. The standard InChI is InChI=1S/C19H26N2O/c1-21(13-12-17-8-4-2-5-9-17)15-19(16-22)20-14-18-10-6-3-7-11-18/h2-11,19-20,22H,12-16H2,1H3/t19-/m0/s1. The predicted molar refractivity (Wildman–Crippen MR) is 91.8 cm³/mol. The summed E-state index contributed by atoms with van der Waals surface area (Å²) in [6.07, 6.45) is 1.04. The van der Waals surface area contributed by atoms with Gasteiger partial charge in [-0.25, -0.2) is 0 Å².